The fourth-order valence-corrected chi connectivity index (χ4v) is 0.916. The van der Waals surface area contributed by atoms with Crippen molar-refractivity contribution in [1.82, 2.24) is 5.32 Å². The summed E-state index contributed by atoms with van der Waals surface area (Å²) >= 11 is 0. The molecule has 14 heavy (non-hydrogen) atoms. The summed E-state index contributed by atoms with van der Waals surface area (Å²) in [6.45, 7) is 8.23. The summed E-state index contributed by atoms with van der Waals surface area (Å²) in [6.07, 6.45) is 0. The van der Waals surface area contributed by atoms with E-state index < -0.39 is 0 Å². The van der Waals surface area contributed by atoms with E-state index in [9.17, 15) is 0 Å². The Bertz CT molecular complexity index is 264. The molecule has 0 aliphatic rings. The van der Waals surface area contributed by atoms with Crippen molar-refractivity contribution in [3.63, 3.8) is 0 Å². The highest BCUT2D eigenvalue weighted by Gasteiger charge is 1.77. The Morgan fingerprint density at radius 3 is 2.00 bits per heavy atom. The molecule has 0 atom stereocenters. The first-order chi connectivity index (χ1) is 6.85. The third kappa shape index (κ3) is 7.39. The quantitative estimate of drug-likeness (QED) is 0.705. The van der Waals surface area contributed by atoms with Gasteiger partial charge < -0.3 is 5.32 Å². The molecule has 1 heteroatoms. The lowest BCUT2D eigenvalue weighted by atomic mass is 10.2. The van der Waals surface area contributed by atoms with Gasteiger partial charge in [-0.05, 0) is 32.1 Å². The van der Waals surface area contributed by atoms with Gasteiger partial charge in [0.05, 0.1) is 0 Å². The summed E-state index contributed by atoms with van der Waals surface area (Å²) in [5.74, 6) is 5.79. The van der Waals surface area contributed by atoms with E-state index in [0.29, 0.717) is 0 Å². The largest absolute Gasteiger partial charge is 0.317 e. The SMILES string of the molecule is CC#Cc1ccccc1.CCNCC. The van der Waals surface area contributed by atoms with Crippen LogP contribution in [-0.4, -0.2) is 13.1 Å². The normalized spacial score (nSPS) is 7.93. The Balaban J connectivity index is 0.000000292. The molecule has 76 valence electrons. The summed E-state index contributed by atoms with van der Waals surface area (Å²) in [5.41, 5.74) is 1.08. The molecule has 0 bridgehead atoms. The van der Waals surface area contributed by atoms with Crippen molar-refractivity contribution >= 4 is 0 Å². The first kappa shape index (κ1) is 12.7. The average molecular weight is 189 g/mol. The highest BCUT2D eigenvalue weighted by Crippen LogP contribution is 1.93. The number of hydrogen-bond acceptors (Lipinski definition) is 1. The minimum atomic E-state index is 1.08. The number of nitrogens with one attached hydrogen (secondary N) is 1. The number of benzene rings is 1. The van der Waals surface area contributed by atoms with Crippen LogP contribution in [0, 0.1) is 11.8 Å². The molecule has 0 heterocycles. The Hall–Kier alpha value is -1.26. The summed E-state index contributed by atoms with van der Waals surface area (Å²) in [6, 6.07) is 9.95. The zero-order valence-corrected chi connectivity index (χ0v) is 9.30. The van der Waals surface area contributed by atoms with E-state index >= 15 is 0 Å². The lowest BCUT2D eigenvalue weighted by molar-refractivity contribution is 0.762. The zero-order valence-electron chi connectivity index (χ0n) is 9.30. The maximum absolute atomic E-state index is 3.11. The molecule has 1 aromatic carbocycles. The van der Waals surface area contributed by atoms with Crippen LogP contribution in [0.1, 0.15) is 26.3 Å². The first-order valence-corrected chi connectivity index (χ1v) is 5.03. The van der Waals surface area contributed by atoms with Crippen molar-refractivity contribution in [2.75, 3.05) is 13.1 Å². The molecule has 0 aromatic heterocycles. The molecule has 1 rings (SSSR count). The van der Waals surface area contributed by atoms with Crippen LogP contribution in [0.4, 0.5) is 0 Å². The lowest BCUT2D eigenvalue weighted by Crippen LogP contribution is -2.09. The Labute approximate surface area is 87.5 Å². The Kier molecular flexibility index (Phi) is 8.94. The second-order valence-electron chi connectivity index (χ2n) is 2.70. The number of rotatable bonds is 2. The Morgan fingerprint density at radius 1 is 1.07 bits per heavy atom. The molecule has 1 N–H and O–H groups in total. The average Bonchev–Trinajstić information content (AvgIpc) is 2.22. The monoisotopic (exact) mass is 189 g/mol. The van der Waals surface area contributed by atoms with Crippen molar-refractivity contribution in [2.24, 2.45) is 0 Å². The Morgan fingerprint density at radius 2 is 1.64 bits per heavy atom. The molecular weight excluding hydrogens is 170 g/mol. The van der Waals surface area contributed by atoms with Crippen molar-refractivity contribution in [1.29, 1.82) is 0 Å². The van der Waals surface area contributed by atoms with E-state index in [1.807, 2.05) is 37.3 Å². The van der Waals surface area contributed by atoms with E-state index in [-0.39, 0.29) is 0 Å². The standard InChI is InChI=1S/C9H8.C4H11N/c1-2-6-9-7-4-3-5-8-9;1-3-5-4-2/h3-5,7-8H,1H3;5H,3-4H2,1-2H3. The van der Waals surface area contributed by atoms with Gasteiger partial charge in [0, 0.05) is 5.56 Å². The van der Waals surface area contributed by atoms with Crippen LogP contribution in [0.5, 0.6) is 0 Å². The summed E-state index contributed by atoms with van der Waals surface area (Å²) in [7, 11) is 0. The van der Waals surface area contributed by atoms with Crippen molar-refractivity contribution in [3.8, 4) is 11.8 Å². The number of hydrogen-bond donors (Lipinski definition) is 1. The van der Waals surface area contributed by atoms with Crippen LogP contribution in [0.2, 0.25) is 0 Å². The van der Waals surface area contributed by atoms with Gasteiger partial charge >= 0.3 is 0 Å². The van der Waals surface area contributed by atoms with Crippen LogP contribution < -0.4 is 5.32 Å². The third-order valence-electron chi connectivity index (χ3n) is 1.54. The van der Waals surface area contributed by atoms with Crippen LogP contribution >= 0.6 is 0 Å². The van der Waals surface area contributed by atoms with E-state index in [0.717, 1.165) is 18.7 Å². The molecule has 0 aliphatic heterocycles. The fraction of sp³-hybridized carbons (Fsp3) is 0.385. The maximum Gasteiger partial charge on any atom is 0.0245 e. The van der Waals surface area contributed by atoms with Gasteiger partial charge in [-0.3, -0.25) is 0 Å². The van der Waals surface area contributed by atoms with E-state index in [1.165, 1.54) is 0 Å². The van der Waals surface area contributed by atoms with Gasteiger partial charge in [0.25, 0.3) is 0 Å². The first-order valence-electron chi connectivity index (χ1n) is 5.03. The molecule has 0 spiro atoms. The van der Waals surface area contributed by atoms with Gasteiger partial charge in [-0.25, -0.2) is 0 Å². The fourth-order valence-electron chi connectivity index (χ4n) is 0.916. The van der Waals surface area contributed by atoms with Gasteiger partial charge in [-0.15, -0.1) is 5.92 Å². The molecule has 1 aromatic rings. The molecule has 0 amide bonds. The second-order valence-corrected chi connectivity index (χ2v) is 2.70. The van der Waals surface area contributed by atoms with Gasteiger partial charge in [-0.1, -0.05) is 38.0 Å². The van der Waals surface area contributed by atoms with E-state index in [2.05, 4.69) is 31.0 Å². The van der Waals surface area contributed by atoms with Crippen LogP contribution in [0.25, 0.3) is 0 Å². The van der Waals surface area contributed by atoms with E-state index in [4.69, 9.17) is 0 Å². The third-order valence-corrected chi connectivity index (χ3v) is 1.54. The van der Waals surface area contributed by atoms with Crippen molar-refractivity contribution in [2.45, 2.75) is 20.8 Å². The molecule has 0 radical (unpaired) electrons. The second kappa shape index (κ2) is 9.83. The molecular formula is C13H19N. The van der Waals surface area contributed by atoms with Crippen LogP contribution in [0.15, 0.2) is 30.3 Å². The smallest absolute Gasteiger partial charge is 0.0245 e. The molecule has 1 nitrogen and oxygen atoms in total. The molecule has 0 unspecified atom stereocenters. The molecule has 0 aliphatic carbocycles. The highest BCUT2D eigenvalue weighted by atomic mass is 14.8. The van der Waals surface area contributed by atoms with Gasteiger partial charge in [0.1, 0.15) is 0 Å². The van der Waals surface area contributed by atoms with Crippen molar-refractivity contribution in [3.05, 3.63) is 35.9 Å². The topological polar surface area (TPSA) is 12.0 Å². The predicted molar refractivity (Wildman–Crippen MR) is 63.2 cm³/mol. The van der Waals surface area contributed by atoms with Gasteiger partial charge in [-0.2, -0.15) is 0 Å². The van der Waals surface area contributed by atoms with Gasteiger partial charge in [0.2, 0.25) is 0 Å². The molecule has 0 fully saturated rings. The van der Waals surface area contributed by atoms with Gasteiger partial charge in [0.15, 0.2) is 0 Å². The maximum atomic E-state index is 3.11. The van der Waals surface area contributed by atoms with Crippen LogP contribution in [-0.2, 0) is 0 Å². The zero-order chi connectivity index (χ0) is 10.6. The minimum absolute atomic E-state index is 1.08. The lowest BCUT2D eigenvalue weighted by Gasteiger charge is -1.86. The predicted octanol–water partition coefficient (Wildman–Crippen LogP) is 2.67. The minimum Gasteiger partial charge on any atom is -0.317 e. The van der Waals surface area contributed by atoms with Crippen LogP contribution in [0.3, 0.4) is 0 Å². The van der Waals surface area contributed by atoms with Crippen molar-refractivity contribution < 1.29 is 0 Å². The summed E-state index contributed by atoms with van der Waals surface area (Å²) < 4.78 is 0. The highest BCUT2D eigenvalue weighted by molar-refractivity contribution is 5.32. The molecule has 0 saturated heterocycles. The summed E-state index contributed by atoms with van der Waals surface area (Å²) in [4.78, 5) is 0. The van der Waals surface area contributed by atoms with E-state index in [1.54, 1.807) is 0 Å². The molecule has 0 saturated carbocycles. The summed E-state index contributed by atoms with van der Waals surface area (Å²) in [5, 5.41) is 3.11.